The Kier molecular flexibility index (Phi) is 4.95. The highest BCUT2D eigenvalue weighted by atomic mass is 16.6. The third kappa shape index (κ3) is 3.70. The van der Waals surface area contributed by atoms with E-state index in [0.717, 1.165) is 30.9 Å². The van der Waals surface area contributed by atoms with Crippen LogP contribution in [0.1, 0.15) is 31.7 Å². The SMILES string of the molecule is CCCNC(Cc1ccc([N+](=O)[O-])c(OC)c1)C1CC1. The van der Waals surface area contributed by atoms with Crippen LogP contribution in [0.5, 0.6) is 5.75 Å². The van der Waals surface area contributed by atoms with Crippen LogP contribution in [0.3, 0.4) is 0 Å². The van der Waals surface area contributed by atoms with Crippen LogP contribution in [0, 0.1) is 16.0 Å². The number of methoxy groups -OCH3 is 1. The molecule has 1 saturated carbocycles. The summed E-state index contributed by atoms with van der Waals surface area (Å²) in [5.74, 6) is 1.10. The quantitative estimate of drug-likeness (QED) is 0.586. The van der Waals surface area contributed by atoms with Gasteiger partial charge in [-0.15, -0.1) is 0 Å². The highest BCUT2D eigenvalue weighted by Crippen LogP contribution is 2.35. The molecule has 5 nitrogen and oxygen atoms in total. The summed E-state index contributed by atoms with van der Waals surface area (Å²) in [5.41, 5.74) is 1.12. The molecular formula is C15H22N2O3. The van der Waals surface area contributed by atoms with Gasteiger partial charge in [0.25, 0.3) is 0 Å². The first-order valence-electron chi connectivity index (χ1n) is 7.20. The minimum atomic E-state index is -0.406. The lowest BCUT2D eigenvalue weighted by Gasteiger charge is -2.18. The molecule has 2 rings (SSSR count). The maximum Gasteiger partial charge on any atom is 0.310 e. The van der Waals surface area contributed by atoms with Gasteiger partial charge in [-0.3, -0.25) is 10.1 Å². The monoisotopic (exact) mass is 278 g/mol. The number of hydrogen-bond donors (Lipinski definition) is 1. The van der Waals surface area contributed by atoms with Crippen molar-refractivity contribution in [3.8, 4) is 5.75 Å². The van der Waals surface area contributed by atoms with E-state index in [1.54, 1.807) is 6.07 Å². The summed E-state index contributed by atoms with van der Waals surface area (Å²) >= 11 is 0. The first kappa shape index (κ1) is 14.8. The second kappa shape index (κ2) is 6.70. The fourth-order valence-electron chi connectivity index (χ4n) is 2.49. The molecule has 0 amide bonds. The van der Waals surface area contributed by atoms with Crippen molar-refractivity contribution in [2.24, 2.45) is 5.92 Å². The Morgan fingerprint density at radius 1 is 1.50 bits per heavy atom. The summed E-state index contributed by atoms with van der Waals surface area (Å²) in [7, 11) is 1.47. The fraction of sp³-hybridized carbons (Fsp3) is 0.600. The summed E-state index contributed by atoms with van der Waals surface area (Å²) in [5, 5.41) is 14.5. The first-order valence-corrected chi connectivity index (χ1v) is 7.20. The zero-order valence-electron chi connectivity index (χ0n) is 12.1. The van der Waals surface area contributed by atoms with Crippen molar-refractivity contribution < 1.29 is 9.66 Å². The fourth-order valence-corrected chi connectivity index (χ4v) is 2.49. The lowest BCUT2D eigenvalue weighted by atomic mass is 10.0. The van der Waals surface area contributed by atoms with Crippen molar-refractivity contribution in [3.63, 3.8) is 0 Å². The standard InChI is InChI=1S/C15H22N2O3/c1-3-8-16-13(12-5-6-12)9-11-4-7-14(17(18)19)15(10-11)20-2/h4,7,10,12-13,16H,3,5-6,8-9H2,1-2H3. The highest BCUT2D eigenvalue weighted by Gasteiger charge is 2.31. The molecule has 5 heteroatoms. The number of rotatable bonds is 8. The van der Waals surface area contributed by atoms with E-state index in [1.807, 2.05) is 6.07 Å². The smallest absolute Gasteiger partial charge is 0.310 e. The van der Waals surface area contributed by atoms with Gasteiger partial charge in [-0.2, -0.15) is 0 Å². The van der Waals surface area contributed by atoms with Crippen LogP contribution in [0.25, 0.3) is 0 Å². The molecule has 0 radical (unpaired) electrons. The summed E-state index contributed by atoms with van der Waals surface area (Å²) in [6, 6.07) is 5.64. The van der Waals surface area contributed by atoms with Crippen molar-refractivity contribution in [1.82, 2.24) is 5.32 Å². The molecule has 0 saturated heterocycles. The zero-order chi connectivity index (χ0) is 14.5. The summed E-state index contributed by atoms with van der Waals surface area (Å²) in [4.78, 5) is 10.5. The molecule has 1 atom stereocenters. The molecular weight excluding hydrogens is 256 g/mol. The van der Waals surface area contributed by atoms with Crippen LogP contribution in [-0.2, 0) is 6.42 Å². The molecule has 1 fully saturated rings. The third-order valence-corrected chi connectivity index (χ3v) is 3.74. The van der Waals surface area contributed by atoms with Gasteiger partial charge >= 0.3 is 5.69 Å². The predicted molar refractivity (Wildman–Crippen MR) is 78.2 cm³/mol. The van der Waals surface area contributed by atoms with E-state index in [-0.39, 0.29) is 5.69 Å². The molecule has 0 spiro atoms. The third-order valence-electron chi connectivity index (χ3n) is 3.74. The van der Waals surface area contributed by atoms with E-state index in [4.69, 9.17) is 4.74 Å². The van der Waals surface area contributed by atoms with Gasteiger partial charge in [0.05, 0.1) is 12.0 Å². The maximum atomic E-state index is 10.9. The van der Waals surface area contributed by atoms with Crippen LogP contribution < -0.4 is 10.1 Å². The minimum Gasteiger partial charge on any atom is -0.490 e. The number of nitrogens with zero attached hydrogens (tertiary/aromatic N) is 1. The number of ether oxygens (including phenoxy) is 1. The molecule has 1 aliphatic rings. The van der Waals surface area contributed by atoms with Crippen LogP contribution in [0.15, 0.2) is 18.2 Å². The molecule has 110 valence electrons. The number of nitro benzene ring substituents is 1. The molecule has 0 aliphatic heterocycles. The Bertz CT molecular complexity index is 472. The van der Waals surface area contributed by atoms with Gasteiger partial charge < -0.3 is 10.1 Å². The van der Waals surface area contributed by atoms with E-state index in [9.17, 15) is 10.1 Å². The lowest BCUT2D eigenvalue weighted by molar-refractivity contribution is -0.385. The van der Waals surface area contributed by atoms with Crippen molar-refractivity contribution >= 4 is 5.69 Å². The topological polar surface area (TPSA) is 64.4 Å². The van der Waals surface area contributed by atoms with Gasteiger partial charge in [0, 0.05) is 12.1 Å². The second-order valence-electron chi connectivity index (χ2n) is 5.37. The highest BCUT2D eigenvalue weighted by molar-refractivity contribution is 5.48. The second-order valence-corrected chi connectivity index (χ2v) is 5.37. The number of nitrogens with one attached hydrogen (secondary N) is 1. The van der Waals surface area contributed by atoms with Crippen molar-refractivity contribution in [3.05, 3.63) is 33.9 Å². The van der Waals surface area contributed by atoms with Crippen molar-refractivity contribution in [2.75, 3.05) is 13.7 Å². The maximum absolute atomic E-state index is 10.9. The van der Waals surface area contributed by atoms with E-state index in [0.29, 0.717) is 11.8 Å². The van der Waals surface area contributed by atoms with Gasteiger partial charge in [0.1, 0.15) is 0 Å². The molecule has 1 N–H and O–H groups in total. The summed E-state index contributed by atoms with van der Waals surface area (Å²) in [6.07, 6.45) is 4.59. The molecule has 0 heterocycles. The van der Waals surface area contributed by atoms with Crippen molar-refractivity contribution in [1.29, 1.82) is 0 Å². The first-order chi connectivity index (χ1) is 9.65. The predicted octanol–water partition coefficient (Wildman–Crippen LogP) is 2.92. The van der Waals surface area contributed by atoms with E-state index < -0.39 is 4.92 Å². The van der Waals surface area contributed by atoms with Gasteiger partial charge in [-0.05, 0) is 49.8 Å². The Hall–Kier alpha value is -1.62. The van der Waals surface area contributed by atoms with Crippen molar-refractivity contribution in [2.45, 2.75) is 38.6 Å². The van der Waals surface area contributed by atoms with E-state index in [1.165, 1.54) is 26.0 Å². The van der Waals surface area contributed by atoms with Gasteiger partial charge in [-0.1, -0.05) is 13.0 Å². The zero-order valence-corrected chi connectivity index (χ0v) is 12.1. The summed E-state index contributed by atoms with van der Waals surface area (Å²) < 4.78 is 5.12. The average Bonchev–Trinajstić information content (AvgIpc) is 3.27. The molecule has 1 aromatic rings. The lowest BCUT2D eigenvalue weighted by Crippen LogP contribution is -2.33. The normalized spacial score (nSPS) is 15.9. The van der Waals surface area contributed by atoms with Crippen LogP contribution in [0.2, 0.25) is 0 Å². The van der Waals surface area contributed by atoms with Crippen LogP contribution in [0.4, 0.5) is 5.69 Å². The Labute approximate surface area is 119 Å². The minimum absolute atomic E-state index is 0.0285. The van der Waals surface area contributed by atoms with E-state index in [2.05, 4.69) is 12.2 Å². The molecule has 1 aliphatic carbocycles. The van der Waals surface area contributed by atoms with Crippen LogP contribution >= 0.6 is 0 Å². The molecule has 0 bridgehead atoms. The van der Waals surface area contributed by atoms with E-state index >= 15 is 0 Å². The Morgan fingerprint density at radius 3 is 2.80 bits per heavy atom. The largest absolute Gasteiger partial charge is 0.490 e. The van der Waals surface area contributed by atoms with Gasteiger partial charge in [0.2, 0.25) is 0 Å². The molecule has 1 aromatic carbocycles. The van der Waals surface area contributed by atoms with Gasteiger partial charge in [0.15, 0.2) is 5.75 Å². The Balaban J connectivity index is 2.09. The Morgan fingerprint density at radius 2 is 2.25 bits per heavy atom. The molecule has 1 unspecified atom stereocenters. The average molecular weight is 278 g/mol. The van der Waals surface area contributed by atoms with Crippen LogP contribution in [-0.4, -0.2) is 24.6 Å². The summed E-state index contributed by atoms with van der Waals surface area (Å²) in [6.45, 7) is 3.18. The molecule has 0 aromatic heterocycles. The number of hydrogen-bond acceptors (Lipinski definition) is 4. The number of benzene rings is 1. The number of nitro groups is 1. The van der Waals surface area contributed by atoms with Gasteiger partial charge in [-0.25, -0.2) is 0 Å². The molecule has 20 heavy (non-hydrogen) atoms.